The van der Waals surface area contributed by atoms with Crippen molar-refractivity contribution in [3.63, 3.8) is 0 Å². The van der Waals surface area contributed by atoms with Crippen molar-refractivity contribution in [2.45, 2.75) is 19.9 Å². The number of hydrogen-bond donors (Lipinski definition) is 1. The van der Waals surface area contributed by atoms with Crippen molar-refractivity contribution in [3.05, 3.63) is 124 Å². The van der Waals surface area contributed by atoms with Gasteiger partial charge >= 0.3 is 0 Å². The van der Waals surface area contributed by atoms with E-state index in [1.807, 2.05) is 50.4 Å². The third-order valence-corrected chi connectivity index (χ3v) is 6.80. The molecule has 0 bridgehead atoms. The molecule has 9 nitrogen and oxygen atoms in total. The molecule has 6 aromatic rings. The van der Waals surface area contributed by atoms with Crippen LogP contribution in [0.5, 0.6) is 0 Å². The fraction of sp³-hybridized carbons (Fsp3) is 0.125. The zero-order valence-electron chi connectivity index (χ0n) is 22.7. The molecule has 5 heterocycles. The van der Waals surface area contributed by atoms with E-state index in [-0.39, 0.29) is 11.5 Å². The first-order chi connectivity index (χ1) is 19.9. The maximum absolute atomic E-state index is 14.2. The van der Waals surface area contributed by atoms with Crippen LogP contribution in [-0.4, -0.2) is 35.0 Å². The molecule has 1 atom stereocenters. The van der Waals surface area contributed by atoms with Crippen LogP contribution in [-0.2, 0) is 7.05 Å². The van der Waals surface area contributed by atoms with Crippen LogP contribution in [0.15, 0.2) is 90.2 Å². The number of aryl methyl sites for hydroxylation is 2. The van der Waals surface area contributed by atoms with Crippen LogP contribution in [0.25, 0.3) is 27.7 Å². The summed E-state index contributed by atoms with van der Waals surface area (Å²) >= 11 is 0. The first-order valence-electron chi connectivity index (χ1n) is 13.0. The van der Waals surface area contributed by atoms with Gasteiger partial charge in [-0.2, -0.15) is 5.10 Å². The summed E-state index contributed by atoms with van der Waals surface area (Å²) in [7, 11) is 1.82. The number of nitrogens with zero attached hydrogens (tertiary/aromatic N) is 6. The van der Waals surface area contributed by atoms with E-state index in [9.17, 15) is 9.59 Å². The molecular formula is C32H25N7O2. The standard InChI is InChI=1S/C32H25N7O2/c1-20-27(30-24(18-34-20)11-8-16-33-30)31(40)36-21(2)29-28(23-9-5-4-6-10-23)32(41)39-25(12-7-13-26(39)37-29)15-14-22-17-35-38(3)19-22/h4-13,16-19,21H,1-3H3,(H,36,40)/t21-/m0/s1. The lowest BCUT2D eigenvalue weighted by Gasteiger charge is -2.19. The molecule has 0 aliphatic carbocycles. The second-order valence-electron chi connectivity index (χ2n) is 9.66. The minimum Gasteiger partial charge on any atom is -0.344 e. The summed E-state index contributed by atoms with van der Waals surface area (Å²) in [5.41, 5.74) is 4.41. The van der Waals surface area contributed by atoms with Gasteiger partial charge < -0.3 is 5.32 Å². The number of carbonyl (C=O) groups excluding carboxylic acids is 1. The molecule has 0 unspecified atom stereocenters. The van der Waals surface area contributed by atoms with Crippen molar-refractivity contribution < 1.29 is 4.79 Å². The number of aromatic nitrogens is 6. The van der Waals surface area contributed by atoms with E-state index in [4.69, 9.17) is 4.98 Å². The topological polar surface area (TPSA) is 107 Å². The molecule has 9 heteroatoms. The minimum absolute atomic E-state index is 0.280. The Morgan fingerprint density at radius 1 is 0.976 bits per heavy atom. The predicted molar refractivity (Wildman–Crippen MR) is 156 cm³/mol. The summed E-state index contributed by atoms with van der Waals surface area (Å²) in [4.78, 5) is 41.5. The van der Waals surface area contributed by atoms with E-state index >= 15 is 0 Å². The van der Waals surface area contributed by atoms with E-state index in [1.165, 1.54) is 4.40 Å². The zero-order chi connectivity index (χ0) is 28.5. The first-order valence-corrected chi connectivity index (χ1v) is 13.0. The second-order valence-corrected chi connectivity index (χ2v) is 9.66. The van der Waals surface area contributed by atoms with Crippen LogP contribution >= 0.6 is 0 Å². The summed E-state index contributed by atoms with van der Waals surface area (Å²) in [6.07, 6.45) is 6.82. The molecule has 0 fully saturated rings. The molecule has 0 aliphatic heterocycles. The molecule has 1 aromatic carbocycles. The van der Waals surface area contributed by atoms with E-state index in [0.29, 0.717) is 44.9 Å². The van der Waals surface area contributed by atoms with Crippen molar-refractivity contribution in [2.75, 3.05) is 0 Å². The zero-order valence-corrected chi connectivity index (χ0v) is 22.7. The van der Waals surface area contributed by atoms with Gasteiger partial charge in [-0.25, -0.2) is 4.98 Å². The number of benzene rings is 1. The number of nitrogens with one attached hydrogen (secondary N) is 1. The fourth-order valence-corrected chi connectivity index (χ4v) is 4.85. The highest BCUT2D eigenvalue weighted by Crippen LogP contribution is 2.26. The maximum atomic E-state index is 14.2. The highest BCUT2D eigenvalue weighted by Gasteiger charge is 2.24. The fourth-order valence-electron chi connectivity index (χ4n) is 4.85. The lowest BCUT2D eigenvalue weighted by molar-refractivity contribution is 0.0939. The number of hydrogen-bond acceptors (Lipinski definition) is 6. The molecule has 5 aromatic heterocycles. The highest BCUT2D eigenvalue weighted by molar-refractivity contribution is 6.06. The number of fused-ring (bicyclic) bond motifs is 2. The first kappa shape index (κ1) is 25.6. The van der Waals surface area contributed by atoms with Gasteiger partial charge in [0.05, 0.1) is 45.8 Å². The molecule has 0 radical (unpaired) electrons. The van der Waals surface area contributed by atoms with Gasteiger partial charge in [0.25, 0.3) is 11.5 Å². The Morgan fingerprint density at radius 3 is 2.59 bits per heavy atom. The van der Waals surface area contributed by atoms with Crippen LogP contribution in [0.1, 0.15) is 46.0 Å². The van der Waals surface area contributed by atoms with Gasteiger partial charge in [0, 0.05) is 31.0 Å². The van der Waals surface area contributed by atoms with E-state index < -0.39 is 6.04 Å². The SMILES string of the molecule is Cc1ncc2cccnc2c1C(=O)N[C@@H](C)c1nc2cccc(C#Cc3cnn(C)c3)n2c(=O)c1-c1ccccc1. The summed E-state index contributed by atoms with van der Waals surface area (Å²) in [6.45, 7) is 3.59. The lowest BCUT2D eigenvalue weighted by atomic mass is 10.0. The van der Waals surface area contributed by atoms with Crippen LogP contribution in [0.2, 0.25) is 0 Å². The number of rotatable bonds is 4. The molecule has 1 amide bonds. The number of carbonyl (C=O) groups is 1. The van der Waals surface area contributed by atoms with Crippen molar-refractivity contribution in [3.8, 4) is 23.0 Å². The van der Waals surface area contributed by atoms with Gasteiger partial charge in [-0.3, -0.25) is 28.6 Å². The van der Waals surface area contributed by atoms with Crippen LogP contribution < -0.4 is 10.9 Å². The van der Waals surface area contributed by atoms with E-state index in [0.717, 1.165) is 10.9 Å². The predicted octanol–water partition coefficient (Wildman–Crippen LogP) is 4.24. The average Bonchev–Trinajstić information content (AvgIpc) is 3.40. The summed E-state index contributed by atoms with van der Waals surface area (Å²) in [5, 5.41) is 7.96. The smallest absolute Gasteiger partial charge is 0.267 e. The quantitative estimate of drug-likeness (QED) is 0.336. The Hall–Kier alpha value is -5.62. The Labute approximate surface area is 235 Å². The maximum Gasteiger partial charge on any atom is 0.267 e. The average molecular weight is 540 g/mol. The molecule has 0 spiro atoms. The third kappa shape index (κ3) is 4.83. The number of amides is 1. The minimum atomic E-state index is -0.612. The van der Waals surface area contributed by atoms with Crippen molar-refractivity contribution >= 4 is 22.5 Å². The lowest BCUT2D eigenvalue weighted by Crippen LogP contribution is -2.31. The van der Waals surface area contributed by atoms with Gasteiger partial charge in [-0.15, -0.1) is 0 Å². The molecular weight excluding hydrogens is 514 g/mol. The molecule has 41 heavy (non-hydrogen) atoms. The molecule has 0 saturated heterocycles. The van der Waals surface area contributed by atoms with Gasteiger partial charge in [0.15, 0.2) is 0 Å². The molecule has 6 rings (SSSR count). The van der Waals surface area contributed by atoms with Crippen molar-refractivity contribution in [1.29, 1.82) is 0 Å². The van der Waals surface area contributed by atoms with E-state index in [1.54, 1.807) is 60.7 Å². The third-order valence-electron chi connectivity index (χ3n) is 6.80. The van der Waals surface area contributed by atoms with E-state index in [2.05, 4.69) is 32.2 Å². The molecule has 200 valence electrons. The molecule has 0 saturated carbocycles. The monoisotopic (exact) mass is 539 g/mol. The second kappa shape index (κ2) is 10.5. The Kier molecular flexibility index (Phi) is 6.57. The normalized spacial score (nSPS) is 11.7. The molecule has 1 N–H and O–H groups in total. The van der Waals surface area contributed by atoms with Gasteiger partial charge in [-0.1, -0.05) is 42.3 Å². The van der Waals surface area contributed by atoms with Gasteiger partial charge in [-0.05, 0) is 49.6 Å². The van der Waals surface area contributed by atoms with Gasteiger partial charge in [0.2, 0.25) is 0 Å². The Balaban J connectivity index is 1.48. The number of pyridine rings is 3. The van der Waals surface area contributed by atoms with Gasteiger partial charge in [0.1, 0.15) is 11.3 Å². The van der Waals surface area contributed by atoms with Crippen LogP contribution in [0, 0.1) is 18.8 Å². The summed E-state index contributed by atoms with van der Waals surface area (Å²) < 4.78 is 3.18. The Morgan fingerprint density at radius 2 is 1.80 bits per heavy atom. The Bertz CT molecular complexity index is 2070. The van der Waals surface area contributed by atoms with Crippen molar-refractivity contribution in [2.24, 2.45) is 7.05 Å². The van der Waals surface area contributed by atoms with Crippen molar-refractivity contribution in [1.82, 2.24) is 34.4 Å². The summed E-state index contributed by atoms with van der Waals surface area (Å²) in [5.74, 6) is 5.83. The van der Waals surface area contributed by atoms with Crippen LogP contribution in [0.4, 0.5) is 0 Å². The largest absolute Gasteiger partial charge is 0.344 e. The van der Waals surface area contributed by atoms with Crippen LogP contribution in [0.3, 0.4) is 0 Å². The summed E-state index contributed by atoms with van der Waals surface area (Å²) in [6, 6.07) is 17.7. The highest BCUT2D eigenvalue weighted by atomic mass is 16.2. The molecule has 0 aliphatic rings.